The number of amides is 2. The summed E-state index contributed by atoms with van der Waals surface area (Å²) in [5, 5.41) is 17.2. The maximum absolute atomic E-state index is 14.2. The zero-order valence-electron chi connectivity index (χ0n) is 20.3. The second-order valence-corrected chi connectivity index (χ2v) is 10.9. The monoisotopic (exact) mass is 578 g/mol. The van der Waals surface area contributed by atoms with Crippen molar-refractivity contribution >= 4 is 52.3 Å². The van der Waals surface area contributed by atoms with Gasteiger partial charge in [0.2, 0.25) is 11.8 Å². The Kier molecular flexibility index (Phi) is 6.42. The fraction of sp³-hybridized carbons (Fsp3) is 0.133. The number of fused-ring (bicyclic) bond motifs is 2. The van der Waals surface area contributed by atoms with Gasteiger partial charge in [0.05, 0.1) is 6.04 Å². The number of carbonyl (C=O) groups excluding carboxylic acids is 2. The number of anilines is 1. The fourth-order valence-corrected chi connectivity index (χ4v) is 6.30. The number of phenols is 1. The maximum Gasteiger partial charge on any atom is 0.238 e. The van der Waals surface area contributed by atoms with Gasteiger partial charge in [-0.2, -0.15) is 0 Å². The van der Waals surface area contributed by atoms with E-state index >= 15 is 0 Å². The number of nitrogens with one attached hydrogen (secondary N) is 2. The van der Waals surface area contributed by atoms with E-state index in [1.54, 1.807) is 60.7 Å². The zero-order chi connectivity index (χ0) is 27.3. The van der Waals surface area contributed by atoms with Crippen LogP contribution in [0.15, 0.2) is 84.9 Å². The summed E-state index contributed by atoms with van der Waals surface area (Å²) in [6, 6.07) is 23.0. The maximum atomic E-state index is 14.2. The van der Waals surface area contributed by atoms with Crippen molar-refractivity contribution in [2.24, 2.45) is 0 Å². The van der Waals surface area contributed by atoms with Crippen molar-refractivity contribution in [1.29, 1.82) is 0 Å². The molecule has 0 aromatic heterocycles. The number of halogens is 3. The highest BCUT2D eigenvalue weighted by atomic mass is 35.5. The lowest BCUT2D eigenvalue weighted by Gasteiger charge is -2.46. The van der Waals surface area contributed by atoms with Gasteiger partial charge in [-0.15, -0.1) is 0 Å². The van der Waals surface area contributed by atoms with Gasteiger partial charge in [0.15, 0.2) is 0 Å². The molecule has 3 N–H and O–H groups in total. The average molecular weight is 580 g/mol. The summed E-state index contributed by atoms with van der Waals surface area (Å²) in [5.74, 6) is -0.136. The summed E-state index contributed by atoms with van der Waals surface area (Å²) in [6.07, 6.45) is 0.0566. The quantitative estimate of drug-likeness (QED) is 0.235. The first kappa shape index (κ1) is 25.6. The molecule has 1 spiro atoms. The van der Waals surface area contributed by atoms with Crippen molar-refractivity contribution in [3.8, 4) is 17.2 Å². The largest absolute Gasteiger partial charge is 0.508 e. The van der Waals surface area contributed by atoms with Gasteiger partial charge in [0, 0.05) is 38.7 Å². The van der Waals surface area contributed by atoms with Crippen LogP contribution in [0.3, 0.4) is 0 Å². The molecule has 6 rings (SSSR count). The van der Waals surface area contributed by atoms with Crippen LogP contribution in [-0.4, -0.2) is 16.9 Å². The van der Waals surface area contributed by atoms with Crippen molar-refractivity contribution in [2.45, 2.75) is 23.8 Å². The van der Waals surface area contributed by atoms with Crippen molar-refractivity contribution in [1.82, 2.24) is 5.32 Å². The third-order valence-corrected chi connectivity index (χ3v) is 8.05. The molecular formula is C30H21Cl3N2O4. The topological polar surface area (TPSA) is 87.7 Å². The van der Waals surface area contributed by atoms with Crippen molar-refractivity contribution in [3.05, 3.63) is 117 Å². The minimum absolute atomic E-state index is 0.0566. The number of hydrogen-bond acceptors (Lipinski definition) is 4. The van der Waals surface area contributed by atoms with Crippen LogP contribution in [0.1, 0.15) is 35.1 Å². The lowest BCUT2D eigenvalue weighted by atomic mass is 9.59. The first-order valence-electron chi connectivity index (χ1n) is 12.2. The summed E-state index contributed by atoms with van der Waals surface area (Å²) in [4.78, 5) is 27.6. The lowest BCUT2D eigenvalue weighted by molar-refractivity contribution is -0.131. The van der Waals surface area contributed by atoms with E-state index in [4.69, 9.17) is 39.5 Å². The van der Waals surface area contributed by atoms with Crippen LogP contribution < -0.4 is 15.4 Å². The molecule has 3 atom stereocenters. The van der Waals surface area contributed by atoms with E-state index in [2.05, 4.69) is 10.6 Å². The summed E-state index contributed by atoms with van der Waals surface area (Å²) in [5.41, 5.74) is 1.26. The van der Waals surface area contributed by atoms with Gasteiger partial charge in [0.1, 0.15) is 22.7 Å². The molecule has 2 aliphatic rings. The Hall–Kier alpha value is -3.71. The van der Waals surface area contributed by atoms with Crippen molar-refractivity contribution in [3.63, 3.8) is 0 Å². The molecule has 0 aliphatic carbocycles. The Morgan fingerprint density at radius 2 is 1.56 bits per heavy atom. The number of carbonyl (C=O) groups is 2. The van der Waals surface area contributed by atoms with Gasteiger partial charge in [0.25, 0.3) is 0 Å². The molecule has 2 heterocycles. The number of piperidine rings is 1. The predicted molar refractivity (Wildman–Crippen MR) is 151 cm³/mol. The van der Waals surface area contributed by atoms with E-state index in [9.17, 15) is 14.7 Å². The van der Waals surface area contributed by atoms with Crippen LogP contribution in [0.25, 0.3) is 0 Å². The highest BCUT2D eigenvalue weighted by Crippen LogP contribution is 2.58. The average Bonchev–Trinajstić information content (AvgIpc) is 3.18. The van der Waals surface area contributed by atoms with E-state index < -0.39 is 17.4 Å². The molecule has 9 heteroatoms. The number of ether oxygens (including phenoxy) is 1. The number of aromatic hydroxyl groups is 1. The van der Waals surface area contributed by atoms with Crippen molar-refractivity contribution in [2.75, 3.05) is 5.32 Å². The van der Waals surface area contributed by atoms with E-state index in [-0.39, 0.29) is 24.0 Å². The minimum Gasteiger partial charge on any atom is -0.508 e. The van der Waals surface area contributed by atoms with Crippen LogP contribution in [0.2, 0.25) is 15.1 Å². The Morgan fingerprint density at radius 1 is 0.846 bits per heavy atom. The summed E-state index contributed by atoms with van der Waals surface area (Å²) >= 11 is 19.2. The normalized spacial score (nSPS) is 21.8. The minimum atomic E-state index is -1.28. The van der Waals surface area contributed by atoms with E-state index in [0.717, 1.165) is 5.56 Å². The molecule has 39 heavy (non-hydrogen) atoms. The van der Waals surface area contributed by atoms with Crippen molar-refractivity contribution < 1.29 is 19.4 Å². The summed E-state index contributed by atoms with van der Waals surface area (Å²) < 4.78 is 6.22. The fourth-order valence-electron chi connectivity index (χ4n) is 5.75. The molecule has 6 nitrogen and oxygen atoms in total. The van der Waals surface area contributed by atoms with Gasteiger partial charge in [-0.3, -0.25) is 9.59 Å². The highest BCUT2D eigenvalue weighted by molar-refractivity contribution is 6.31. The molecule has 4 aromatic rings. The van der Waals surface area contributed by atoms with E-state index in [1.807, 2.05) is 12.1 Å². The molecule has 1 fully saturated rings. The first-order chi connectivity index (χ1) is 18.8. The van der Waals surface area contributed by atoms with Crippen LogP contribution in [0.5, 0.6) is 17.2 Å². The third kappa shape index (κ3) is 4.39. The second kappa shape index (κ2) is 9.79. The first-order valence-corrected chi connectivity index (χ1v) is 13.3. The highest BCUT2D eigenvalue weighted by Gasteiger charge is 2.61. The van der Waals surface area contributed by atoms with E-state index in [1.165, 1.54) is 12.1 Å². The molecule has 196 valence electrons. The van der Waals surface area contributed by atoms with Crippen LogP contribution >= 0.6 is 34.8 Å². The molecule has 2 aliphatic heterocycles. The van der Waals surface area contributed by atoms with E-state index in [0.29, 0.717) is 43.4 Å². The molecular weight excluding hydrogens is 559 g/mol. The molecule has 0 unspecified atom stereocenters. The van der Waals surface area contributed by atoms with Gasteiger partial charge in [-0.25, -0.2) is 0 Å². The Morgan fingerprint density at radius 3 is 2.33 bits per heavy atom. The van der Waals surface area contributed by atoms with Gasteiger partial charge in [-0.1, -0.05) is 53.0 Å². The Balaban J connectivity index is 1.60. The van der Waals surface area contributed by atoms with Gasteiger partial charge >= 0.3 is 0 Å². The molecule has 0 bridgehead atoms. The summed E-state index contributed by atoms with van der Waals surface area (Å²) in [6.45, 7) is 0. The smallest absolute Gasteiger partial charge is 0.238 e. The number of phenolic OH excluding ortho intramolecular Hbond substituents is 1. The number of rotatable bonds is 4. The Bertz CT molecular complexity index is 1630. The molecule has 0 saturated carbocycles. The zero-order valence-corrected chi connectivity index (χ0v) is 22.5. The lowest BCUT2D eigenvalue weighted by Crippen LogP contribution is -2.56. The second-order valence-electron chi connectivity index (χ2n) is 9.60. The third-order valence-electron chi connectivity index (χ3n) is 7.35. The summed E-state index contributed by atoms with van der Waals surface area (Å²) in [7, 11) is 0. The SMILES string of the molecule is O=C1C[C@@H](c2cccc(Cl)c2)[C@]2(C(=O)Nc3cc(Cl)ccc32)[C@@H](c2cc(Cl)ccc2Oc2ccc(O)cc2)N1. The molecule has 1 saturated heterocycles. The number of benzene rings is 4. The molecule has 4 aromatic carbocycles. The van der Waals surface area contributed by atoms with Gasteiger partial charge < -0.3 is 20.5 Å². The molecule has 2 amide bonds. The standard InChI is InChI=1S/C30H21Cl3N2O4/c31-17-3-1-2-16(12-17)24-15-27(37)35-28(30(24)23-10-4-19(33)14-25(23)34-29(30)38)22-13-18(32)5-11-26(22)39-21-8-6-20(36)7-9-21/h1-14,24,28,36H,15H2,(H,34,38)(H,35,37)/t24-,28+,30-/m0/s1. The number of hydrogen-bond donors (Lipinski definition) is 3. The van der Waals surface area contributed by atoms with Crippen LogP contribution in [-0.2, 0) is 15.0 Å². The Labute approximate surface area is 239 Å². The van der Waals surface area contributed by atoms with Crippen LogP contribution in [0.4, 0.5) is 5.69 Å². The predicted octanol–water partition coefficient (Wildman–Crippen LogP) is 7.38. The van der Waals surface area contributed by atoms with Gasteiger partial charge in [-0.05, 0) is 77.9 Å². The molecule has 0 radical (unpaired) electrons. The van der Waals surface area contributed by atoms with Crippen LogP contribution in [0, 0.1) is 0 Å².